The number of ether oxygens (including phenoxy) is 1. The van der Waals surface area contributed by atoms with Crippen LogP contribution in [0.3, 0.4) is 0 Å². The van der Waals surface area contributed by atoms with E-state index >= 15 is 0 Å². The van der Waals surface area contributed by atoms with Crippen LogP contribution in [0.2, 0.25) is 0 Å². The Hall–Kier alpha value is -1.29. The second-order valence-electron chi connectivity index (χ2n) is 4.54. The summed E-state index contributed by atoms with van der Waals surface area (Å²) in [5, 5.41) is 2.67. The number of nitrogens with one attached hydrogen (secondary N) is 1. The van der Waals surface area contributed by atoms with Crippen LogP contribution in [0.15, 0.2) is 24.3 Å². The van der Waals surface area contributed by atoms with Gasteiger partial charge in [-0.25, -0.2) is 0 Å². The summed E-state index contributed by atoms with van der Waals surface area (Å²) in [5.41, 5.74) is 0.684. The summed E-state index contributed by atoms with van der Waals surface area (Å²) >= 11 is 3.36. The van der Waals surface area contributed by atoms with Crippen LogP contribution in [-0.4, -0.2) is 47.5 Å². The molecular weight excluding hydrogens is 419 g/mol. The normalized spacial score (nSPS) is 14.0. The van der Waals surface area contributed by atoms with Crippen molar-refractivity contribution in [2.24, 2.45) is 0 Å². The van der Waals surface area contributed by atoms with Crippen molar-refractivity contribution >= 4 is 57.2 Å². The first kappa shape index (κ1) is 17.1. The highest BCUT2D eigenvalue weighted by molar-refractivity contribution is 14.1. The highest BCUT2D eigenvalue weighted by Crippen LogP contribution is 2.18. The molecule has 22 heavy (non-hydrogen) atoms. The monoisotopic (exact) mass is 434 g/mol. The lowest BCUT2D eigenvalue weighted by atomic mass is 10.3. The summed E-state index contributed by atoms with van der Waals surface area (Å²) in [6, 6.07) is 7.33. The van der Waals surface area contributed by atoms with Crippen LogP contribution >= 0.6 is 34.4 Å². The molecule has 0 radical (unpaired) electrons. The molecule has 118 valence electrons. The molecule has 1 saturated heterocycles. The average molecular weight is 434 g/mol. The summed E-state index contributed by atoms with van der Waals surface area (Å²) in [5.74, 6) is -0.112. The predicted molar refractivity (Wildman–Crippen MR) is 92.8 cm³/mol. The van der Waals surface area contributed by atoms with Crippen LogP contribution in [0.25, 0.3) is 0 Å². The molecule has 2 rings (SSSR count). The first-order valence-electron chi connectivity index (χ1n) is 6.68. The van der Waals surface area contributed by atoms with E-state index in [1.807, 2.05) is 18.2 Å². The molecule has 6 nitrogen and oxygen atoms in total. The van der Waals surface area contributed by atoms with Crippen LogP contribution in [0.1, 0.15) is 6.42 Å². The van der Waals surface area contributed by atoms with Gasteiger partial charge in [0.2, 0.25) is 0 Å². The second kappa shape index (κ2) is 8.37. The van der Waals surface area contributed by atoms with E-state index < -0.39 is 5.97 Å². The fraction of sp³-hybridized carbons (Fsp3) is 0.357. The molecule has 1 aliphatic heterocycles. The Balaban J connectivity index is 1.68. The number of carbonyl (C=O) groups excluding carboxylic acids is 3. The molecule has 1 aromatic carbocycles. The molecular formula is C14H15IN2O4S. The standard InChI is InChI=1S/C14H15IN2O4S/c15-10-3-1-2-4-11(10)16-12(18)9-21-13(19)5-6-17-7-8-22-14(17)20/h1-4H,5-9H2,(H,16,18). The highest BCUT2D eigenvalue weighted by atomic mass is 127. The molecule has 0 atom stereocenters. The van der Waals surface area contributed by atoms with Gasteiger partial charge in [0.15, 0.2) is 6.61 Å². The third-order valence-electron chi connectivity index (χ3n) is 2.94. The van der Waals surface area contributed by atoms with E-state index in [1.54, 1.807) is 11.0 Å². The number of esters is 1. The van der Waals surface area contributed by atoms with E-state index in [1.165, 1.54) is 11.8 Å². The molecule has 0 saturated carbocycles. The van der Waals surface area contributed by atoms with E-state index in [0.717, 1.165) is 9.32 Å². The number of anilines is 1. The number of nitrogens with zero attached hydrogens (tertiary/aromatic N) is 1. The summed E-state index contributed by atoms with van der Waals surface area (Å²) in [4.78, 5) is 36.3. The van der Waals surface area contributed by atoms with Gasteiger partial charge in [-0.05, 0) is 34.7 Å². The lowest BCUT2D eigenvalue weighted by Crippen LogP contribution is -2.27. The Morgan fingerprint density at radius 3 is 2.82 bits per heavy atom. The molecule has 1 aliphatic rings. The number of benzene rings is 1. The van der Waals surface area contributed by atoms with Crippen molar-refractivity contribution in [2.45, 2.75) is 6.42 Å². The van der Waals surface area contributed by atoms with Crippen molar-refractivity contribution < 1.29 is 19.1 Å². The fourth-order valence-electron chi connectivity index (χ4n) is 1.82. The predicted octanol–water partition coefficient (Wildman–Crippen LogP) is 2.33. The minimum absolute atomic E-state index is 0.0100. The van der Waals surface area contributed by atoms with Gasteiger partial charge >= 0.3 is 5.97 Å². The van der Waals surface area contributed by atoms with Crippen molar-refractivity contribution in [3.8, 4) is 0 Å². The molecule has 2 amide bonds. The zero-order valence-corrected chi connectivity index (χ0v) is 14.7. The summed E-state index contributed by atoms with van der Waals surface area (Å²) in [6.07, 6.45) is 0.0997. The van der Waals surface area contributed by atoms with Crippen LogP contribution in [0.5, 0.6) is 0 Å². The number of rotatable bonds is 6. The lowest BCUT2D eigenvalue weighted by Gasteiger charge is -2.13. The molecule has 1 heterocycles. The topological polar surface area (TPSA) is 75.7 Å². The largest absolute Gasteiger partial charge is 0.456 e. The molecule has 8 heteroatoms. The Labute approximate surface area is 146 Å². The van der Waals surface area contributed by atoms with E-state index in [9.17, 15) is 14.4 Å². The van der Waals surface area contributed by atoms with Gasteiger partial charge in [-0.1, -0.05) is 23.9 Å². The van der Waals surface area contributed by atoms with Crippen molar-refractivity contribution in [3.63, 3.8) is 0 Å². The van der Waals surface area contributed by atoms with Gasteiger partial charge in [-0.15, -0.1) is 0 Å². The number of hydrogen-bond donors (Lipinski definition) is 1. The highest BCUT2D eigenvalue weighted by Gasteiger charge is 2.21. The first-order valence-corrected chi connectivity index (χ1v) is 8.74. The van der Waals surface area contributed by atoms with Crippen LogP contribution < -0.4 is 5.32 Å². The van der Waals surface area contributed by atoms with E-state index in [-0.39, 0.29) is 24.2 Å². The van der Waals surface area contributed by atoms with Gasteiger partial charge < -0.3 is 15.0 Å². The Morgan fingerprint density at radius 1 is 1.36 bits per heavy atom. The smallest absolute Gasteiger partial charge is 0.308 e. The van der Waals surface area contributed by atoms with Gasteiger partial charge in [-0.2, -0.15) is 0 Å². The van der Waals surface area contributed by atoms with Gasteiger partial charge in [0.1, 0.15) is 0 Å². The maximum Gasteiger partial charge on any atom is 0.308 e. The van der Waals surface area contributed by atoms with Crippen molar-refractivity contribution in [1.29, 1.82) is 0 Å². The Kier molecular flexibility index (Phi) is 6.49. The van der Waals surface area contributed by atoms with E-state index in [4.69, 9.17) is 4.74 Å². The number of carbonyl (C=O) groups is 3. The zero-order valence-electron chi connectivity index (χ0n) is 11.7. The number of hydrogen-bond acceptors (Lipinski definition) is 5. The first-order chi connectivity index (χ1) is 10.6. The number of halogens is 1. The Morgan fingerprint density at radius 2 is 2.14 bits per heavy atom. The van der Waals surface area contributed by atoms with Crippen molar-refractivity contribution in [2.75, 3.05) is 30.8 Å². The van der Waals surface area contributed by atoms with E-state index in [0.29, 0.717) is 18.8 Å². The lowest BCUT2D eigenvalue weighted by molar-refractivity contribution is -0.147. The molecule has 1 aromatic rings. The third-order valence-corrected chi connectivity index (χ3v) is 4.78. The molecule has 0 unspecified atom stereocenters. The molecule has 0 aliphatic carbocycles. The van der Waals surface area contributed by atoms with Gasteiger partial charge in [-0.3, -0.25) is 14.4 Å². The minimum Gasteiger partial charge on any atom is -0.456 e. The molecule has 0 aromatic heterocycles. The molecule has 0 spiro atoms. The molecule has 1 N–H and O–H groups in total. The van der Waals surface area contributed by atoms with Crippen molar-refractivity contribution in [3.05, 3.63) is 27.8 Å². The number of amides is 2. The van der Waals surface area contributed by atoms with Gasteiger partial charge in [0, 0.05) is 22.4 Å². The van der Waals surface area contributed by atoms with E-state index in [2.05, 4.69) is 27.9 Å². The second-order valence-corrected chi connectivity index (χ2v) is 6.75. The van der Waals surface area contributed by atoms with Gasteiger partial charge in [0.25, 0.3) is 11.1 Å². The quantitative estimate of drug-likeness (QED) is 0.550. The summed E-state index contributed by atoms with van der Waals surface area (Å²) < 4.78 is 5.82. The fourth-order valence-corrected chi connectivity index (χ4v) is 3.20. The summed E-state index contributed by atoms with van der Waals surface area (Å²) in [7, 11) is 0. The maximum absolute atomic E-state index is 11.7. The van der Waals surface area contributed by atoms with Crippen LogP contribution in [0, 0.1) is 3.57 Å². The average Bonchev–Trinajstić information content (AvgIpc) is 2.91. The third kappa shape index (κ3) is 5.16. The van der Waals surface area contributed by atoms with Crippen LogP contribution in [0.4, 0.5) is 10.5 Å². The van der Waals surface area contributed by atoms with Crippen LogP contribution in [-0.2, 0) is 14.3 Å². The molecule has 0 bridgehead atoms. The van der Waals surface area contributed by atoms with Gasteiger partial charge in [0.05, 0.1) is 12.1 Å². The minimum atomic E-state index is -0.484. The summed E-state index contributed by atoms with van der Waals surface area (Å²) in [6.45, 7) is 0.666. The molecule has 1 fully saturated rings. The number of thioether (sulfide) groups is 1. The number of para-hydroxylation sites is 1. The maximum atomic E-state index is 11.7. The Bertz CT molecular complexity index is 582. The zero-order chi connectivity index (χ0) is 15.9. The van der Waals surface area contributed by atoms with Crippen molar-refractivity contribution in [1.82, 2.24) is 4.90 Å². The SMILES string of the molecule is O=C(COC(=O)CCN1CCSC1=O)Nc1ccccc1I.